The van der Waals surface area contributed by atoms with E-state index in [2.05, 4.69) is 46.7 Å². The quantitative estimate of drug-likeness (QED) is 0.0199. The Morgan fingerprint density at radius 2 is 1.37 bits per heavy atom. The molecule has 4 aromatic rings. The molecule has 1 aromatic heterocycles. The second-order valence-corrected chi connectivity index (χ2v) is 24.7. The third-order valence-electron chi connectivity index (χ3n) is 13.3. The molecular formula is C61H86N10O15S. The molecule has 26 heteroatoms. The number of benzene rings is 3. The van der Waals surface area contributed by atoms with E-state index in [4.69, 9.17) is 23.7 Å². The van der Waals surface area contributed by atoms with Gasteiger partial charge in [-0.3, -0.25) is 43.2 Å². The van der Waals surface area contributed by atoms with Crippen LogP contribution < -0.4 is 41.4 Å². The molecule has 3 atom stereocenters. The summed E-state index contributed by atoms with van der Waals surface area (Å²) in [6.07, 6.45) is 3.12. The molecule has 2 heterocycles. The number of methoxy groups -OCH3 is 1. The van der Waals surface area contributed by atoms with Crippen molar-refractivity contribution in [1.82, 2.24) is 46.4 Å². The van der Waals surface area contributed by atoms with Gasteiger partial charge in [-0.15, -0.1) is 0 Å². The number of aliphatic imine (C=N–C) groups is 1. The Balaban J connectivity index is 1.10. The van der Waals surface area contributed by atoms with Crippen LogP contribution in [0.3, 0.4) is 0 Å². The maximum Gasteiger partial charge on any atom is 0.408 e. The number of sulfonamides is 1. The van der Waals surface area contributed by atoms with Crippen LogP contribution in [0.2, 0.25) is 0 Å². The fourth-order valence-electron chi connectivity index (χ4n) is 9.31. The molecule has 1 aliphatic heterocycles. The van der Waals surface area contributed by atoms with Crippen molar-refractivity contribution in [3.63, 3.8) is 0 Å². The average Bonchev–Trinajstić information content (AvgIpc) is 2.03. The molecule has 0 radical (unpaired) electrons. The highest BCUT2D eigenvalue weighted by Crippen LogP contribution is 2.27. The molecular weight excluding hydrogens is 1140 g/mol. The number of nitrogens with one attached hydrogen (secondary N) is 7. The third-order valence-corrected chi connectivity index (χ3v) is 15.1. The van der Waals surface area contributed by atoms with Gasteiger partial charge in [0.2, 0.25) is 27.7 Å². The van der Waals surface area contributed by atoms with Gasteiger partial charge in [-0.25, -0.2) is 13.2 Å². The van der Waals surface area contributed by atoms with Crippen molar-refractivity contribution in [2.75, 3.05) is 46.4 Å². The number of fused-ring (bicyclic) bond motifs is 1. The lowest BCUT2D eigenvalue weighted by atomic mass is 10.1. The van der Waals surface area contributed by atoms with E-state index in [1.54, 1.807) is 110 Å². The predicted molar refractivity (Wildman–Crippen MR) is 324 cm³/mol. The molecule has 87 heavy (non-hydrogen) atoms. The number of amidine groups is 1. The fraction of sp³-hybridized carbons (Fsp3) is 0.541. The van der Waals surface area contributed by atoms with Gasteiger partial charge in [0, 0.05) is 76.4 Å². The van der Waals surface area contributed by atoms with E-state index in [1.165, 1.54) is 12.1 Å². The van der Waals surface area contributed by atoms with Gasteiger partial charge in [0.05, 0.1) is 35.7 Å². The average molecular weight is 1230 g/mol. The molecule has 7 N–H and O–H groups in total. The van der Waals surface area contributed by atoms with Crippen LogP contribution in [0.5, 0.6) is 5.75 Å². The molecule has 0 unspecified atom stereocenters. The second-order valence-electron chi connectivity index (χ2n) is 23.1. The number of aryl methyl sites for hydroxylation is 4. The van der Waals surface area contributed by atoms with Crippen molar-refractivity contribution in [1.29, 1.82) is 0 Å². The van der Waals surface area contributed by atoms with E-state index in [-0.39, 0.29) is 81.2 Å². The molecule has 476 valence electrons. The van der Waals surface area contributed by atoms with E-state index in [0.29, 0.717) is 22.4 Å². The summed E-state index contributed by atoms with van der Waals surface area (Å²) in [6.45, 7) is 14.3. The first-order chi connectivity index (χ1) is 41.1. The minimum Gasteiger partial charge on any atom is -0.494 e. The van der Waals surface area contributed by atoms with Crippen LogP contribution in [0, 0.1) is 13.8 Å². The Kier molecular flexibility index (Phi) is 26.5. The smallest absolute Gasteiger partial charge is 0.408 e. The molecule has 0 bridgehead atoms. The fourth-order valence-corrected chi connectivity index (χ4v) is 11.0. The summed E-state index contributed by atoms with van der Waals surface area (Å²) < 4.78 is 58.8. The van der Waals surface area contributed by atoms with E-state index in [1.807, 2.05) is 6.07 Å². The Bertz CT molecular complexity index is 3170. The van der Waals surface area contributed by atoms with Crippen molar-refractivity contribution in [2.24, 2.45) is 12.0 Å². The minimum absolute atomic E-state index is 0.0159. The van der Waals surface area contributed by atoms with E-state index < -0.39 is 87.6 Å². The largest absolute Gasteiger partial charge is 0.494 e. The molecule has 5 amide bonds. The molecule has 0 fully saturated rings. The lowest BCUT2D eigenvalue weighted by Gasteiger charge is -2.24. The van der Waals surface area contributed by atoms with Crippen LogP contribution in [-0.2, 0) is 77.8 Å². The van der Waals surface area contributed by atoms with Crippen LogP contribution in [0.1, 0.15) is 138 Å². The molecule has 3 aromatic carbocycles. The Morgan fingerprint density at radius 3 is 1.99 bits per heavy atom. The molecule has 25 nitrogen and oxygen atoms in total. The zero-order valence-electron chi connectivity index (χ0n) is 51.6. The number of hydrogen-bond acceptors (Lipinski definition) is 18. The SMILES string of the molecule is COC(=O)[C@H](CNC(=O)c1ccc2c(CCCNC3=NCCCC3)nn(C)c2c1)NS(=O)(=O)c1c(C)cc(OCCCC(=O)NCCNC(=O)[C@H](CCC(=O)OC(C)(C)C)NC(=O)[C@H](CCC(=O)OC(C)(C)C)NC(=O)OCc2ccccc2)cc1C. The lowest BCUT2D eigenvalue weighted by Crippen LogP contribution is -2.54. The molecule has 5 rings (SSSR count). The summed E-state index contributed by atoms with van der Waals surface area (Å²) in [6, 6.07) is 12.8. The van der Waals surface area contributed by atoms with Gasteiger partial charge < -0.3 is 55.6 Å². The van der Waals surface area contributed by atoms with Crippen molar-refractivity contribution >= 4 is 74.4 Å². The Morgan fingerprint density at radius 1 is 0.724 bits per heavy atom. The van der Waals surface area contributed by atoms with E-state index in [0.717, 1.165) is 74.7 Å². The molecule has 0 saturated heterocycles. The number of aromatic nitrogens is 2. The number of amides is 5. The topological polar surface area (TPSA) is 331 Å². The van der Waals surface area contributed by atoms with Crippen LogP contribution >= 0.6 is 0 Å². The monoisotopic (exact) mass is 1230 g/mol. The summed E-state index contributed by atoms with van der Waals surface area (Å²) in [5.41, 5.74) is 1.55. The van der Waals surface area contributed by atoms with Gasteiger partial charge in [0.15, 0.2) is 0 Å². The van der Waals surface area contributed by atoms with Crippen LogP contribution in [0.15, 0.2) is 70.6 Å². The van der Waals surface area contributed by atoms with Gasteiger partial charge in [0.25, 0.3) is 5.91 Å². The number of esters is 3. The van der Waals surface area contributed by atoms with Crippen LogP contribution in [0.25, 0.3) is 10.9 Å². The summed E-state index contributed by atoms with van der Waals surface area (Å²) in [4.78, 5) is 109. The Labute approximate surface area is 509 Å². The Hall–Kier alpha value is -8.13. The summed E-state index contributed by atoms with van der Waals surface area (Å²) in [5, 5.41) is 22.1. The number of carbonyl (C=O) groups excluding carboxylic acids is 8. The number of hydrogen-bond donors (Lipinski definition) is 7. The summed E-state index contributed by atoms with van der Waals surface area (Å²) in [5.74, 6) is -3.27. The maximum atomic E-state index is 13.9. The van der Waals surface area contributed by atoms with Crippen molar-refractivity contribution in [3.8, 4) is 5.75 Å². The lowest BCUT2D eigenvalue weighted by molar-refractivity contribution is -0.156. The highest BCUT2D eigenvalue weighted by Gasteiger charge is 2.32. The molecule has 0 spiro atoms. The van der Waals surface area contributed by atoms with Gasteiger partial charge in [-0.1, -0.05) is 36.4 Å². The van der Waals surface area contributed by atoms with Crippen molar-refractivity contribution in [3.05, 3.63) is 88.6 Å². The molecule has 0 aliphatic carbocycles. The van der Waals surface area contributed by atoms with Crippen LogP contribution in [0.4, 0.5) is 4.79 Å². The minimum atomic E-state index is -4.38. The zero-order valence-corrected chi connectivity index (χ0v) is 52.4. The summed E-state index contributed by atoms with van der Waals surface area (Å²) in [7, 11) is -1.48. The highest BCUT2D eigenvalue weighted by atomic mass is 32.2. The third kappa shape index (κ3) is 23.9. The van der Waals surface area contributed by atoms with Gasteiger partial charge in [0.1, 0.15) is 41.7 Å². The van der Waals surface area contributed by atoms with Crippen molar-refractivity contribution in [2.45, 2.75) is 167 Å². The first-order valence-electron chi connectivity index (χ1n) is 29.2. The van der Waals surface area contributed by atoms with Crippen LogP contribution in [-0.4, -0.2) is 147 Å². The second kappa shape index (κ2) is 33.1. The number of ether oxygens (including phenoxy) is 5. The van der Waals surface area contributed by atoms with Gasteiger partial charge in [-0.2, -0.15) is 9.82 Å². The first kappa shape index (κ1) is 69.6. The first-order valence-corrected chi connectivity index (χ1v) is 30.7. The molecule has 0 saturated carbocycles. The predicted octanol–water partition coefficient (Wildman–Crippen LogP) is 4.96. The van der Waals surface area contributed by atoms with Crippen molar-refractivity contribution < 1.29 is 70.5 Å². The summed E-state index contributed by atoms with van der Waals surface area (Å²) >= 11 is 0. The number of alkyl carbamates (subject to hydrolysis) is 1. The standard InChI is InChI=1S/C61H86N10O15S/c1-39-34-43(35-40(2)54(39)87(80,81)70-48(58(78)82-10)37-66-55(75)42-23-24-44-45(69-71(9)49(44)36-42)20-16-30-63-50-21-14-15-29-62-50)83-33-17-22-51(72)64-31-32-65-56(76)46(25-27-52(73)85-60(3,4)5)67-57(77)47(26-28-53(74)86-61(6,7)8)68-59(79)84-38-41-18-12-11-13-19-41/h11-13,18-19,23-24,34-36,46-48,70H,14-17,20-22,25-33,37-38H2,1-10H3,(H,62,63)(H,64,72)(H,65,76)(H,66,75)(H,67,77)(H,68,79)/t46-,47-,48-/m0/s1. The van der Waals surface area contributed by atoms with E-state index in [9.17, 15) is 46.8 Å². The number of rotatable bonds is 31. The number of carbonyl (C=O) groups is 8. The normalized spacial score (nSPS) is 13.6. The van der Waals surface area contributed by atoms with Gasteiger partial charge in [-0.05, 0) is 141 Å². The van der Waals surface area contributed by atoms with E-state index >= 15 is 0 Å². The number of nitrogens with zero attached hydrogens (tertiary/aromatic N) is 3. The maximum absolute atomic E-state index is 13.9. The molecule has 1 aliphatic rings. The highest BCUT2D eigenvalue weighted by molar-refractivity contribution is 7.89. The van der Waals surface area contributed by atoms with Gasteiger partial charge >= 0.3 is 24.0 Å². The zero-order chi connectivity index (χ0) is 63.9.